The van der Waals surface area contributed by atoms with Gasteiger partial charge in [-0.25, -0.2) is 9.37 Å². The zero-order valence-corrected chi connectivity index (χ0v) is 20.5. The first kappa shape index (κ1) is 24.5. The highest BCUT2D eigenvalue weighted by Crippen LogP contribution is 2.29. The molecule has 0 saturated heterocycles. The predicted octanol–water partition coefficient (Wildman–Crippen LogP) is 3.71. The fraction of sp³-hybridized carbons (Fsp3) is 0.192. The topological polar surface area (TPSA) is 124 Å². The summed E-state index contributed by atoms with van der Waals surface area (Å²) < 4.78 is 15.2. The van der Waals surface area contributed by atoms with Crippen LogP contribution in [0.3, 0.4) is 0 Å². The lowest BCUT2D eigenvalue weighted by Gasteiger charge is -2.12. The lowest BCUT2D eigenvalue weighted by Crippen LogP contribution is -2.17. The minimum atomic E-state index is -0.500. The Morgan fingerprint density at radius 1 is 1.08 bits per heavy atom. The largest absolute Gasteiger partial charge is 0.368 e. The van der Waals surface area contributed by atoms with Crippen molar-refractivity contribution in [1.82, 2.24) is 30.3 Å². The monoisotopic (exact) mass is 518 g/mol. The smallest absolute Gasteiger partial charge is 0.248 e. The molecule has 9 nitrogen and oxygen atoms in total. The summed E-state index contributed by atoms with van der Waals surface area (Å²) in [7, 11) is 0. The fourth-order valence-electron chi connectivity index (χ4n) is 4.15. The fourth-order valence-corrected chi connectivity index (χ4v) is 4.39. The molecule has 3 heterocycles. The zero-order chi connectivity index (χ0) is 25.8. The van der Waals surface area contributed by atoms with Crippen LogP contribution in [0.15, 0.2) is 61.1 Å². The maximum absolute atomic E-state index is 13.4. The maximum Gasteiger partial charge on any atom is 0.248 e. The summed E-state index contributed by atoms with van der Waals surface area (Å²) in [4.78, 5) is 20.6. The summed E-state index contributed by atoms with van der Waals surface area (Å²) in [6.45, 7) is 2.32. The molecule has 0 aliphatic carbocycles. The summed E-state index contributed by atoms with van der Waals surface area (Å²) in [6.07, 6.45) is 6.09. The van der Waals surface area contributed by atoms with Gasteiger partial charge in [-0.3, -0.25) is 14.5 Å². The van der Waals surface area contributed by atoms with Crippen LogP contribution in [0.25, 0.3) is 21.7 Å². The molecule has 0 aliphatic rings. The minimum Gasteiger partial charge on any atom is -0.368 e. The first-order valence-electron chi connectivity index (χ1n) is 11.7. The quantitative estimate of drug-likeness (QED) is 0.190. The third-order valence-corrected chi connectivity index (χ3v) is 6.13. The van der Waals surface area contributed by atoms with E-state index in [9.17, 15) is 9.18 Å². The summed E-state index contributed by atoms with van der Waals surface area (Å²) in [5, 5.41) is 18.2. The molecule has 2 aromatic carbocycles. The SMILES string of the molecule is NC(=O)c1ccc2c(c1)nc(NCCn1cc(CCNCc3cc(F)cc(Cl)c3)nn1)c1ccncc12. The van der Waals surface area contributed by atoms with E-state index in [1.54, 1.807) is 35.3 Å². The Balaban J connectivity index is 1.19. The maximum atomic E-state index is 13.4. The number of benzene rings is 2. The van der Waals surface area contributed by atoms with E-state index in [1.165, 1.54) is 12.1 Å². The number of hydrogen-bond donors (Lipinski definition) is 3. The van der Waals surface area contributed by atoms with Gasteiger partial charge in [0.15, 0.2) is 0 Å². The normalized spacial score (nSPS) is 11.3. The zero-order valence-electron chi connectivity index (χ0n) is 19.8. The predicted molar refractivity (Wildman–Crippen MR) is 141 cm³/mol. The number of nitrogens with two attached hydrogens (primary N) is 1. The number of carbonyl (C=O) groups is 1. The number of aromatic nitrogens is 5. The Kier molecular flexibility index (Phi) is 7.20. The van der Waals surface area contributed by atoms with E-state index in [4.69, 9.17) is 22.3 Å². The third-order valence-electron chi connectivity index (χ3n) is 5.91. The van der Waals surface area contributed by atoms with Gasteiger partial charge in [-0.1, -0.05) is 22.9 Å². The van der Waals surface area contributed by atoms with Crippen molar-refractivity contribution in [3.63, 3.8) is 0 Å². The lowest BCUT2D eigenvalue weighted by atomic mass is 10.1. The number of anilines is 1. The molecule has 0 fully saturated rings. The number of hydrogen-bond acceptors (Lipinski definition) is 7. The summed E-state index contributed by atoms with van der Waals surface area (Å²) >= 11 is 5.90. The van der Waals surface area contributed by atoms with Gasteiger partial charge in [-0.2, -0.15) is 0 Å². The van der Waals surface area contributed by atoms with Gasteiger partial charge in [0.1, 0.15) is 11.6 Å². The van der Waals surface area contributed by atoms with Gasteiger partial charge in [-0.05, 0) is 42.0 Å². The molecule has 0 bridgehead atoms. The standard InChI is InChI=1S/C26H24ClFN8O/c27-18-9-16(10-19(28)12-18)13-30-5-3-20-15-36(35-34-20)8-7-32-26-22-4-6-31-14-23(22)21-2-1-17(25(29)37)11-24(21)33-26/h1-2,4,6,9-12,14-15,30H,3,5,7-8,13H2,(H2,29,37)(H,32,33). The average Bonchev–Trinajstić information content (AvgIpc) is 3.33. The number of halogens is 2. The number of rotatable bonds is 10. The number of amides is 1. The highest BCUT2D eigenvalue weighted by molar-refractivity contribution is 6.30. The van der Waals surface area contributed by atoms with Crippen molar-refractivity contribution >= 4 is 45.0 Å². The molecule has 37 heavy (non-hydrogen) atoms. The van der Waals surface area contributed by atoms with Crippen LogP contribution >= 0.6 is 11.6 Å². The van der Waals surface area contributed by atoms with Crippen molar-refractivity contribution in [2.24, 2.45) is 5.73 Å². The molecule has 1 amide bonds. The minimum absolute atomic E-state index is 0.347. The van der Waals surface area contributed by atoms with Gasteiger partial charge in [-0.15, -0.1) is 5.10 Å². The van der Waals surface area contributed by atoms with Crippen molar-refractivity contribution in [1.29, 1.82) is 0 Å². The number of fused-ring (bicyclic) bond motifs is 3. The van der Waals surface area contributed by atoms with Crippen LogP contribution in [-0.2, 0) is 19.5 Å². The number of nitrogens with one attached hydrogen (secondary N) is 2. The number of carbonyl (C=O) groups excluding carboxylic acids is 1. The molecule has 11 heteroatoms. The summed E-state index contributed by atoms with van der Waals surface area (Å²) in [5.74, 6) is -0.159. The summed E-state index contributed by atoms with van der Waals surface area (Å²) in [6, 6.07) is 11.6. The molecular weight excluding hydrogens is 495 g/mol. The second-order valence-corrected chi connectivity index (χ2v) is 9.02. The van der Waals surface area contributed by atoms with Gasteiger partial charge in [0.05, 0.1) is 17.8 Å². The van der Waals surface area contributed by atoms with Crippen LogP contribution in [0.4, 0.5) is 10.2 Å². The van der Waals surface area contributed by atoms with Gasteiger partial charge in [0.25, 0.3) is 0 Å². The molecule has 4 N–H and O–H groups in total. The Bertz CT molecular complexity index is 1570. The van der Waals surface area contributed by atoms with Gasteiger partial charge < -0.3 is 16.4 Å². The average molecular weight is 519 g/mol. The van der Waals surface area contributed by atoms with E-state index in [-0.39, 0.29) is 5.82 Å². The van der Waals surface area contributed by atoms with Crippen LogP contribution in [0.2, 0.25) is 5.02 Å². The lowest BCUT2D eigenvalue weighted by molar-refractivity contribution is 0.100. The highest BCUT2D eigenvalue weighted by atomic mass is 35.5. The number of primary amides is 1. The van der Waals surface area contributed by atoms with Gasteiger partial charge >= 0.3 is 0 Å². The van der Waals surface area contributed by atoms with E-state index < -0.39 is 5.91 Å². The van der Waals surface area contributed by atoms with E-state index >= 15 is 0 Å². The van der Waals surface area contributed by atoms with Crippen LogP contribution < -0.4 is 16.4 Å². The molecule has 0 spiro atoms. The molecular formula is C26H24ClFN8O. The van der Waals surface area contributed by atoms with E-state index in [1.807, 2.05) is 18.3 Å². The molecule has 3 aromatic heterocycles. The first-order valence-corrected chi connectivity index (χ1v) is 12.1. The highest BCUT2D eigenvalue weighted by Gasteiger charge is 2.11. The van der Waals surface area contributed by atoms with Crippen LogP contribution in [-0.4, -0.2) is 44.0 Å². The molecule has 0 saturated carbocycles. The molecule has 0 unspecified atom stereocenters. The first-order chi connectivity index (χ1) is 18.0. The van der Waals surface area contributed by atoms with Crippen molar-refractivity contribution in [3.05, 3.63) is 88.7 Å². The van der Waals surface area contributed by atoms with E-state index in [0.717, 1.165) is 27.4 Å². The van der Waals surface area contributed by atoms with Gasteiger partial charge in [0, 0.05) is 71.4 Å². The Morgan fingerprint density at radius 2 is 1.97 bits per heavy atom. The number of pyridine rings is 2. The molecule has 188 valence electrons. The number of nitrogens with zero attached hydrogens (tertiary/aromatic N) is 5. The Labute approximate surface area is 216 Å². The van der Waals surface area contributed by atoms with Crippen LogP contribution in [0, 0.1) is 5.82 Å². The van der Waals surface area contributed by atoms with E-state index in [0.29, 0.717) is 54.5 Å². The Morgan fingerprint density at radius 3 is 2.81 bits per heavy atom. The second-order valence-electron chi connectivity index (χ2n) is 8.58. The third kappa shape index (κ3) is 5.82. The summed E-state index contributed by atoms with van der Waals surface area (Å²) in [5.41, 5.74) is 8.15. The van der Waals surface area contributed by atoms with Crippen LogP contribution in [0.1, 0.15) is 21.6 Å². The molecule has 5 aromatic rings. The van der Waals surface area contributed by atoms with Crippen molar-refractivity contribution in [3.8, 4) is 0 Å². The Hall–Kier alpha value is -4.15. The molecule has 5 rings (SSSR count). The van der Waals surface area contributed by atoms with E-state index in [2.05, 4.69) is 25.9 Å². The second kappa shape index (κ2) is 10.9. The van der Waals surface area contributed by atoms with Gasteiger partial charge in [0.2, 0.25) is 5.91 Å². The molecule has 0 radical (unpaired) electrons. The van der Waals surface area contributed by atoms with Crippen LogP contribution in [0.5, 0.6) is 0 Å². The van der Waals surface area contributed by atoms with Crippen molar-refractivity contribution in [2.75, 3.05) is 18.4 Å². The molecule has 0 aliphatic heterocycles. The van der Waals surface area contributed by atoms with Crippen molar-refractivity contribution < 1.29 is 9.18 Å². The van der Waals surface area contributed by atoms with Crippen molar-refractivity contribution in [2.45, 2.75) is 19.5 Å². The molecule has 0 atom stereocenters.